The number of sulfonamides is 1. The number of hydrogen-bond donors (Lipinski definition) is 0. The number of hydrogen-bond acceptors (Lipinski definition) is 6. The summed E-state index contributed by atoms with van der Waals surface area (Å²) >= 11 is 1.42. The van der Waals surface area contributed by atoms with Gasteiger partial charge >= 0.3 is 0 Å². The van der Waals surface area contributed by atoms with Gasteiger partial charge in [0.1, 0.15) is 0 Å². The van der Waals surface area contributed by atoms with E-state index in [0.29, 0.717) is 18.3 Å². The number of para-hydroxylation sites is 1. The third kappa shape index (κ3) is 4.35. The highest BCUT2D eigenvalue weighted by Gasteiger charge is 2.28. The van der Waals surface area contributed by atoms with Crippen LogP contribution in [0.2, 0.25) is 0 Å². The molecule has 0 radical (unpaired) electrons. The Labute approximate surface area is 151 Å². The molecule has 2 heterocycles. The van der Waals surface area contributed by atoms with Crippen LogP contribution in [0.5, 0.6) is 0 Å². The van der Waals surface area contributed by atoms with E-state index in [1.807, 2.05) is 24.3 Å². The molecule has 1 aromatic heterocycles. The summed E-state index contributed by atoms with van der Waals surface area (Å²) in [6.45, 7) is 0.855. The summed E-state index contributed by atoms with van der Waals surface area (Å²) in [6.07, 6.45) is 2.90. The third-order valence-electron chi connectivity index (χ3n) is 4.15. The van der Waals surface area contributed by atoms with Crippen molar-refractivity contribution in [2.24, 2.45) is 0 Å². The second-order valence-corrected chi connectivity index (χ2v) is 9.22. The van der Waals surface area contributed by atoms with Gasteiger partial charge in [0.25, 0.3) is 0 Å². The van der Waals surface area contributed by atoms with E-state index in [2.05, 4.69) is 4.98 Å². The summed E-state index contributed by atoms with van der Waals surface area (Å²) in [4.78, 5) is 18.9. The number of carbonyl (C=O) groups excluding carboxylic acids is 1. The molecule has 0 N–H and O–H groups in total. The number of likely N-dealkylation sites (N-methyl/N-ethyl adjacent to an activating group) is 1. The first kappa shape index (κ1) is 18.2. The molecule has 1 unspecified atom stereocenters. The number of amides is 1. The van der Waals surface area contributed by atoms with Crippen molar-refractivity contribution in [2.45, 2.75) is 18.9 Å². The highest BCUT2D eigenvalue weighted by Crippen LogP contribution is 2.30. The van der Waals surface area contributed by atoms with Gasteiger partial charge in [-0.2, -0.15) is 4.31 Å². The molecular weight excluding hydrogens is 362 g/mol. The standard InChI is InChI=1S/C16H21N3O4S2/c1-18(25(2,21)22)11-15(20)19(10-12-6-5-9-23-12)16-17-13-7-3-4-8-14(13)24-16/h3-4,7-8,12H,5-6,9-11H2,1-2H3. The Morgan fingerprint density at radius 3 is 2.80 bits per heavy atom. The Hall–Kier alpha value is -1.55. The Bertz CT molecular complexity index is 826. The summed E-state index contributed by atoms with van der Waals surface area (Å²) in [6, 6.07) is 7.67. The van der Waals surface area contributed by atoms with Crippen molar-refractivity contribution in [3.63, 3.8) is 0 Å². The zero-order valence-corrected chi connectivity index (χ0v) is 15.8. The fourth-order valence-corrected chi connectivity index (χ4v) is 3.98. The number of nitrogens with zero attached hydrogens (tertiary/aromatic N) is 3. The largest absolute Gasteiger partial charge is 0.376 e. The van der Waals surface area contributed by atoms with Crippen molar-refractivity contribution in [1.82, 2.24) is 9.29 Å². The van der Waals surface area contributed by atoms with E-state index in [1.165, 1.54) is 18.4 Å². The molecule has 1 atom stereocenters. The quantitative estimate of drug-likeness (QED) is 0.759. The van der Waals surface area contributed by atoms with Crippen LogP contribution in [0.4, 0.5) is 5.13 Å². The van der Waals surface area contributed by atoms with Gasteiger partial charge in [0, 0.05) is 13.7 Å². The van der Waals surface area contributed by atoms with Gasteiger partial charge < -0.3 is 4.74 Å². The molecular formula is C16H21N3O4S2. The number of fused-ring (bicyclic) bond motifs is 1. The summed E-state index contributed by atoms with van der Waals surface area (Å²) in [5.74, 6) is -0.303. The second-order valence-electron chi connectivity index (χ2n) is 6.12. The number of carbonyl (C=O) groups is 1. The Morgan fingerprint density at radius 2 is 2.16 bits per heavy atom. The van der Waals surface area contributed by atoms with E-state index in [1.54, 1.807) is 4.90 Å². The number of benzene rings is 1. The van der Waals surface area contributed by atoms with Gasteiger partial charge in [-0.25, -0.2) is 13.4 Å². The van der Waals surface area contributed by atoms with Crippen molar-refractivity contribution in [1.29, 1.82) is 0 Å². The number of aromatic nitrogens is 1. The highest BCUT2D eigenvalue weighted by molar-refractivity contribution is 7.88. The lowest BCUT2D eigenvalue weighted by molar-refractivity contribution is -0.119. The molecule has 0 saturated carbocycles. The number of thiazole rings is 1. The lowest BCUT2D eigenvalue weighted by Crippen LogP contribution is -2.44. The van der Waals surface area contributed by atoms with Crippen LogP contribution in [0.3, 0.4) is 0 Å². The Morgan fingerprint density at radius 1 is 1.40 bits per heavy atom. The van der Waals surface area contributed by atoms with Gasteiger partial charge in [-0.1, -0.05) is 23.5 Å². The molecule has 1 aliphatic heterocycles. The number of rotatable bonds is 6. The molecule has 1 amide bonds. The van der Waals surface area contributed by atoms with Crippen LogP contribution < -0.4 is 4.90 Å². The van der Waals surface area contributed by atoms with Gasteiger partial charge in [-0.05, 0) is 25.0 Å². The van der Waals surface area contributed by atoms with E-state index in [4.69, 9.17) is 4.74 Å². The fraction of sp³-hybridized carbons (Fsp3) is 0.500. The normalized spacial score (nSPS) is 18.1. The predicted molar refractivity (Wildman–Crippen MR) is 98.4 cm³/mol. The van der Waals surface area contributed by atoms with Crippen LogP contribution in [-0.4, -0.2) is 62.7 Å². The van der Waals surface area contributed by atoms with E-state index >= 15 is 0 Å². The third-order valence-corrected chi connectivity index (χ3v) is 6.47. The van der Waals surface area contributed by atoms with Gasteiger partial charge in [0.15, 0.2) is 5.13 Å². The topological polar surface area (TPSA) is 79.8 Å². The average Bonchev–Trinajstić information content (AvgIpc) is 3.20. The maximum atomic E-state index is 12.8. The minimum atomic E-state index is -3.43. The van der Waals surface area contributed by atoms with Crippen LogP contribution in [-0.2, 0) is 19.6 Å². The van der Waals surface area contributed by atoms with Crippen molar-refractivity contribution in [2.75, 3.05) is 37.9 Å². The SMILES string of the molecule is CN(CC(=O)N(CC1CCCO1)c1nc2ccccc2s1)S(C)(=O)=O. The molecule has 0 aliphatic carbocycles. The van der Waals surface area contributed by atoms with E-state index in [0.717, 1.165) is 33.6 Å². The Balaban J connectivity index is 1.87. The van der Waals surface area contributed by atoms with E-state index in [-0.39, 0.29) is 18.6 Å². The van der Waals surface area contributed by atoms with Gasteiger partial charge in [-0.3, -0.25) is 9.69 Å². The molecule has 0 spiro atoms. The zero-order chi connectivity index (χ0) is 18.0. The van der Waals surface area contributed by atoms with Gasteiger partial charge in [0.2, 0.25) is 15.9 Å². The number of ether oxygens (including phenoxy) is 1. The molecule has 136 valence electrons. The van der Waals surface area contributed by atoms with Crippen molar-refractivity contribution in [3.05, 3.63) is 24.3 Å². The average molecular weight is 383 g/mol. The van der Waals surface area contributed by atoms with Crippen molar-refractivity contribution in [3.8, 4) is 0 Å². The predicted octanol–water partition coefficient (Wildman–Crippen LogP) is 1.70. The molecule has 0 bridgehead atoms. The monoisotopic (exact) mass is 383 g/mol. The minimum absolute atomic E-state index is 0.0421. The van der Waals surface area contributed by atoms with Crippen LogP contribution in [0.15, 0.2) is 24.3 Å². The van der Waals surface area contributed by atoms with E-state index < -0.39 is 10.0 Å². The molecule has 9 heteroatoms. The smallest absolute Gasteiger partial charge is 0.244 e. The van der Waals surface area contributed by atoms with Crippen molar-refractivity contribution >= 4 is 42.6 Å². The maximum Gasteiger partial charge on any atom is 0.244 e. The summed E-state index contributed by atoms with van der Waals surface area (Å²) in [5.41, 5.74) is 0.823. The maximum absolute atomic E-state index is 12.8. The summed E-state index contributed by atoms with van der Waals surface area (Å²) < 4.78 is 30.9. The van der Waals surface area contributed by atoms with Crippen LogP contribution >= 0.6 is 11.3 Å². The van der Waals surface area contributed by atoms with Gasteiger partial charge in [0.05, 0.1) is 35.7 Å². The van der Waals surface area contributed by atoms with Crippen molar-refractivity contribution < 1.29 is 17.9 Å². The molecule has 1 aliphatic rings. The highest BCUT2D eigenvalue weighted by atomic mass is 32.2. The van der Waals surface area contributed by atoms with Gasteiger partial charge in [-0.15, -0.1) is 0 Å². The van der Waals surface area contributed by atoms with Crippen LogP contribution in [0, 0.1) is 0 Å². The molecule has 1 fully saturated rings. The van der Waals surface area contributed by atoms with Crippen LogP contribution in [0.1, 0.15) is 12.8 Å². The first-order chi connectivity index (χ1) is 11.8. The lowest BCUT2D eigenvalue weighted by atomic mass is 10.2. The summed E-state index contributed by atoms with van der Waals surface area (Å²) in [7, 11) is -2.03. The molecule has 7 nitrogen and oxygen atoms in total. The fourth-order valence-electron chi connectivity index (χ4n) is 2.65. The number of anilines is 1. The minimum Gasteiger partial charge on any atom is -0.376 e. The summed E-state index contributed by atoms with van der Waals surface area (Å²) in [5, 5.41) is 0.573. The lowest BCUT2D eigenvalue weighted by Gasteiger charge is -2.25. The first-order valence-electron chi connectivity index (χ1n) is 8.03. The van der Waals surface area contributed by atoms with Crippen LogP contribution in [0.25, 0.3) is 10.2 Å². The first-order valence-corrected chi connectivity index (χ1v) is 10.7. The van der Waals surface area contributed by atoms with E-state index in [9.17, 15) is 13.2 Å². The second kappa shape index (κ2) is 7.36. The molecule has 25 heavy (non-hydrogen) atoms. The molecule has 1 aromatic carbocycles. The zero-order valence-electron chi connectivity index (χ0n) is 14.2. The Kier molecular flexibility index (Phi) is 5.38. The molecule has 2 aromatic rings. The molecule has 3 rings (SSSR count). The molecule has 1 saturated heterocycles.